The molecule has 0 spiro atoms. The SMILES string of the molecule is O=C(O)c1cccc2nc(-c3cc(Cl)ccc3F)oc12. The first-order valence-electron chi connectivity index (χ1n) is 5.64. The Morgan fingerprint density at radius 3 is 2.85 bits per heavy atom. The Bertz CT molecular complexity index is 828. The van der Waals surface area contributed by atoms with Crippen molar-refractivity contribution in [1.82, 2.24) is 4.98 Å². The van der Waals surface area contributed by atoms with Gasteiger partial charge in [-0.05, 0) is 30.3 Å². The van der Waals surface area contributed by atoms with Crippen LogP contribution in [0.25, 0.3) is 22.6 Å². The highest BCUT2D eigenvalue weighted by Crippen LogP contribution is 2.29. The van der Waals surface area contributed by atoms with Crippen LogP contribution in [0, 0.1) is 5.82 Å². The number of para-hydroxylation sites is 1. The zero-order valence-corrected chi connectivity index (χ0v) is 10.7. The Morgan fingerprint density at radius 2 is 2.10 bits per heavy atom. The van der Waals surface area contributed by atoms with Gasteiger partial charge >= 0.3 is 5.97 Å². The first kappa shape index (κ1) is 12.6. The molecule has 0 atom stereocenters. The van der Waals surface area contributed by atoms with Crippen LogP contribution in [0.2, 0.25) is 5.02 Å². The van der Waals surface area contributed by atoms with Crippen LogP contribution in [0.1, 0.15) is 10.4 Å². The van der Waals surface area contributed by atoms with Crippen LogP contribution in [0.5, 0.6) is 0 Å². The number of halogens is 2. The molecule has 0 aliphatic heterocycles. The molecule has 4 nitrogen and oxygen atoms in total. The molecule has 0 aliphatic rings. The van der Waals surface area contributed by atoms with Gasteiger partial charge in [-0.25, -0.2) is 14.2 Å². The maximum Gasteiger partial charge on any atom is 0.339 e. The molecule has 6 heteroatoms. The van der Waals surface area contributed by atoms with Gasteiger partial charge in [-0.15, -0.1) is 0 Å². The highest BCUT2D eigenvalue weighted by Gasteiger charge is 2.17. The Morgan fingerprint density at radius 1 is 1.30 bits per heavy atom. The van der Waals surface area contributed by atoms with Crippen molar-refractivity contribution in [3.63, 3.8) is 0 Å². The fraction of sp³-hybridized carbons (Fsp3) is 0. The third-order valence-electron chi connectivity index (χ3n) is 2.80. The van der Waals surface area contributed by atoms with Gasteiger partial charge in [0.15, 0.2) is 5.58 Å². The maximum atomic E-state index is 13.8. The molecule has 2 aromatic carbocycles. The Labute approximate surface area is 117 Å². The van der Waals surface area contributed by atoms with Crippen molar-refractivity contribution in [1.29, 1.82) is 0 Å². The van der Waals surface area contributed by atoms with Gasteiger partial charge in [-0.1, -0.05) is 17.7 Å². The van der Waals surface area contributed by atoms with Crippen LogP contribution < -0.4 is 0 Å². The number of hydrogen-bond acceptors (Lipinski definition) is 3. The Balaban J connectivity index is 2.26. The average Bonchev–Trinajstić information content (AvgIpc) is 2.84. The zero-order valence-electron chi connectivity index (χ0n) is 9.93. The molecule has 0 bridgehead atoms. The van der Waals surface area contributed by atoms with Gasteiger partial charge in [0.05, 0.1) is 5.56 Å². The summed E-state index contributed by atoms with van der Waals surface area (Å²) in [4.78, 5) is 15.2. The molecule has 0 aliphatic carbocycles. The van der Waals surface area contributed by atoms with Gasteiger partial charge in [0.1, 0.15) is 16.9 Å². The minimum Gasteiger partial charge on any atom is -0.478 e. The molecule has 1 heterocycles. The average molecular weight is 292 g/mol. The van der Waals surface area contributed by atoms with Crippen LogP contribution >= 0.6 is 11.6 Å². The lowest BCUT2D eigenvalue weighted by Crippen LogP contribution is -1.95. The van der Waals surface area contributed by atoms with Gasteiger partial charge in [-0.3, -0.25) is 0 Å². The van der Waals surface area contributed by atoms with Crippen LogP contribution in [0.3, 0.4) is 0 Å². The predicted molar refractivity (Wildman–Crippen MR) is 71.4 cm³/mol. The molecule has 0 fully saturated rings. The number of benzene rings is 2. The van der Waals surface area contributed by atoms with Crippen molar-refractivity contribution < 1.29 is 18.7 Å². The summed E-state index contributed by atoms with van der Waals surface area (Å²) in [7, 11) is 0. The zero-order chi connectivity index (χ0) is 14.3. The normalized spacial score (nSPS) is 10.9. The van der Waals surface area contributed by atoms with E-state index in [1.807, 2.05) is 0 Å². The number of oxazole rings is 1. The van der Waals surface area contributed by atoms with E-state index >= 15 is 0 Å². The first-order valence-corrected chi connectivity index (χ1v) is 6.02. The molecule has 100 valence electrons. The molecule has 1 aromatic heterocycles. The molecule has 0 saturated carbocycles. The van der Waals surface area contributed by atoms with E-state index in [9.17, 15) is 9.18 Å². The fourth-order valence-corrected chi connectivity index (χ4v) is 2.07. The smallest absolute Gasteiger partial charge is 0.339 e. The summed E-state index contributed by atoms with van der Waals surface area (Å²) in [5, 5.41) is 9.41. The summed E-state index contributed by atoms with van der Waals surface area (Å²) < 4.78 is 19.2. The number of aromatic nitrogens is 1. The Kier molecular flexibility index (Phi) is 2.91. The quantitative estimate of drug-likeness (QED) is 0.775. The fourth-order valence-electron chi connectivity index (χ4n) is 1.89. The number of carboxylic acids is 1. The first-order chi connectivity index (χ1) is 9.56. The molecule has 0 radical (unpaired) electrons. The topological polar surface area (TPSA) is 63.3 Å². The number of hydrogen-bond donors (Lipinski definition) is 1. The summed E-state index contributed by atoms with van der Waals surface area (Å²) >= 11 is 5.82. The van der Waals surface area contributed by atoms with E-state index in [1.54, 1.807) is 12.1 Å². The summed E-state index contributed by atoms with van der Waals surface area (Å²) in [6, 6.07) is 8.52. The monoisotopic (exact) mass is 291 g/mol. The van der Waals surface area contributed by atoms with Gasteiger partial charge in [0.2, 0.25) is 5.89 Å². The lowest BCUT2D eigenvalue weighted by Gasteiger charge is -1.98. The minimum absolute atomic E-state index is 0.00583. The lowest BCUT2D eigenvalue weighted by molar-refractivity contribution is 0.0698. The number of fused-ring (bicyclic) bond motifs is 1. The second-order valence-electron chi connectivity index (χ2n) is 4.10. The number of carbonyl (C=O) groups is 1. The lowest BCUT2D eigenvalue weighted by atomic mass is 10.2. The van der Waals surface area contributed by atoms with E-state index in [0.717, 1.165) is 0 Å². The molecule has 1 N–H and O–H groups in total. The molecule has 3 rings (SSSR count). The van der Waals surface area contributed by atoms with Crippen molar-refractivity contribution in [2.24, 2.45) is 0 Å². The van der Waals surface area contributed by atoms with Gasteiger partial charge in [-0.2, -0.15) is 0 Å². The van der Waals surface area contributed by atoms with E-state index in [1.165, 1.54) is 24.3 Å². The van der Waals surface area contributed by atoms with Crippen LogP contribution in [0.4, 0.5) is 4.39 Å². The molecular formula is C14H7ClFNO3. The van der Waals surface area contributed by atoms with Crippen molar-refractivity contribution in [3.05, 3.63) is 52.8 Å². The van der Waals surface area contributed by atoms with Crippen molar-refractivity contribution >= 4 is 28.7 Å². The second-order valence-corrected chi connectivity index (χ2v) is 4.54. The number of rotatable bonds is 2. The standard InChI is InChI=1S/C14H7ClFNO3/c15-7-4-5-10(16)9(6-7)13-17-11-3-1-2-8(14(18)19)12(11)20-13/h1-6H,(H,18,19). The third-order valence-corrected chi connectivity index (χ3v) is 3.04. The van der Waals surface area contributed by atoms with Gasteiger partial charge in [0.25, 0.3) is 0 Å². The van der Waals surface area contributed by atoms with Crippen LogP contribution in [-0.4, -0.2) is 16.1 Å². The Hall–Kier alpha value is -2.40. The van der Waals surface area contributed by atoms with Crippen molar-refractivity contribution in [2.75, 3.05) is 0 Å². The van der Waals surface area contributed by atoms with Crippen molar-refractivity contribution in [2.45, 2.75) is 0 Å². The summed E-state index contributed by atoms with van der Waals surface area (Å²) in [5.41, 5.74) is 0.516. The molecule has 20 heavy (non-hydrogen) atoms. The minimum atomic E-state index is -1.13. The van der Waals surface area contributed by atoms with Gasteiger partial charge < -0.3 is 9.52 Å². The second kappa shape index (κ2) is 4.61. The van der Waals surface area contributed by atoms with Crippen molar-refractivity contribution in [3.8, 4) is 11.5 Å². The summed E-state index contributed by atoms with van der Waals surface area (Å²) in [6.07, 6.45) is 0. The number of carboxylic acid groups (broad SMARTS) is 1. The molecule has 0 amide bonds. The van der Waals surface area contributed by atoms with E-state index in [2.05, 4.69) is 4.98 Å². The van der Waals surface area contributed by atoms with E-state index in [4.69, 9.17) is 21.1 Å². The largest absolute Gasteiger partial charge is 0.478 e. The third kappa shape index (κ3) is 2.02. The maximum absolute atomic E-state index is 13.8. The van der Waals surface area contributed by atoms with Crippen LogP contribution in [0.15, 0.2) is 40.8 Å². The molecule has 3 aromatic rings. The molecule has 0 saturated heterocycles. The van der Waals surface area contributed by atoms with Crippen LogP contribution in [-0.2, 0) is 0 Å². The van der Waals surface area contributed by atoms with E-state index in [0.29, 0.717) is 10.5 Å². The molecular weight excluding hydrogens is 285 g/mol. The number of nitrogens with zero attached hydrogens (tertiary/aromatic N) is 1. The summed E-state index contributed by atoms with van der Waals surface area (Å²) in [6.45, 7) is 0. The summed E-state index contributed by atoms with van der Waals surface area (Å²) in [5.74, 6) is -1.68. The molecule has 0 unspecified atom stereocenters. The highest BCUT2D eigenvalue weighted by molar-refractivity contribution is 6.30. The highest BCUT2D eigenvalue weighted by atomic mass is 35.5. The van der Waals surface area contributed by atoms with E-state index < -0.39 is 11.8 Å². The predicted octanol–water partition coefficient (Wildman–Crippen LogP) is 3.99. The number of aromatic carboxylic acids is 1. The van der Waals surface area contributed by atoms with E-state index in [-0.39, 0.29) is 22.6 Å². The van der Waals surface area contributed by atoms with Gasteiger partial charge in [0, 0.05) is 5.02 Å².